The van der Waals surface area contributed by atoms with E-state index in [0.29, 0.717) is 11.6 Å². The predicted octanol–water partition coefficient (Wildman–Crippen LogP) is 2.98. The highest BCUT2D eigenvalue weighted by Gasteiger charge is 2.18. The first-order valence-corrected chi connectivity index (χ1v) is 5.78. The molecule has 3 heteroatoms. The first-order valence-electron chi connectivity index (χ1n) is 5.41. The molecule has 0 heterocycles. The Labute approximate surface area is 95.4 Å². The van der Waals surface area contributed by atoms with Crippen LogP contribution in [0.2, 0.25) is 5.02 Å². The Morgan fingerprint density at radius 2 is 2.20 bits per heavy atom. The van der Waals surface area contributed by atoms with E-state index in [-0.39, 0.29) is 0 Å². The van der Waals surface area contributed by atoms with Crippen LogP contribution < -0.4 is 10.5 Å². The third-order valence-electron chi connectivity index (χ3n) is 2.95. The molecular formula is C12H16ClNO. The molecule has 0 aromatic heterocycles. The molecule has 15 heavy (non-hydrogen) atoms. The van der Waals surface area contributed by atoms with Gasteiger partial charge in [0.15, 0.2) is 0 Å². The molecule has 1 aromatic carbocycles. The van der Waals surface area contributed by atoms with Crippen molar-refractivity contribution in [2.75, 3.05) is 6.61 Å². The first-order chi connectivity index (χ1) is 7.29. The molecule has 1 aliphatic carbocycles. The fraction of sp³-hybridized carbons (Fsp3) is 0.500. The number of halogens is 1. The van der Waals surface area contributed by atoms with Crippen molar-refractivity contribution in [3.8, 4) is 5.75 Å². The number of hydrogen-bond donors (Lipinski definition) is 1. The standard InChI is InChI=1S/C12H16ClNO/c13-11-5-4-10(7-14)12(6-11)15-8-9-2-1-3-9/h4-6,9H,1-3,7-8,14H2. The van der Waals surface area contributed by atoms with E-state index in [1.165, 1.54) is 19.3 Å². The van der Waals surface area contributed by atoms with E-state index in [4.69, 9.17) is 22.1 Å². The van der Waals surface area contributed by atoms with Crippen molar-refractivity contribution >= 4 is 11.6 Å². The molecule has 0 spiro atoms. The highest BCUT2D eigenvalue weighted by atomic mass is 35.5. The largest absolute Gasteiger partial charge is 0.493 e. The van der Waals surface area contributed by atoms with Gasteiger partial charge in [-0.2, -0.15) is 0 Å². The normalized spacial score (nSPS) is 16.1. The smallest absolute Gasteiger partial charge is 0.125 e. The summed E-state index contributed by atoms with van der Waals surface area (Å²) in [5.74, 6) is 1.58. The first kappa shape index (κ1) is 10.8. The van der Waals surface area contributed by atoms with Crippen molar-refractivity contribution in [3.63, 3.8) is 0 Å². The summed E-state index contributed by atoms with van der Waals surface area (Å²) in [4.78, 5) is 0. The maximum absolute atomic E-state index is 5.92. The summed E-state index contributed by atoms with van der Waals surface area (Å²) in [5.41, 5.74) is 6.66. The summed E-state index contributed by atoms with van der Waals surface area (Å²) in [6, 6.07) is 5.63. The molecule has 0 amide bonds. The van der Waals surface area contributed by atoms with Crippen molar-refractivity contribution in [3.05, 3.63) is 28.8 Å². The molecule has 0 saturated heterocycles. The second-order valence-electron chi connectivity index (χ2n) is 4.06. The Hall–Kier alpha value is -0.730. The van der Waals surface area contributed by atoms with Gasteiger partial charge in [-0.05, 0) is 30.9 Å². The number of rotatable bonds is 4. The molecule has 2 N–H and O–H groups in total. The van der Waals surface area contributed by atoms with E-state index in [1.54, 1.807) is 0 Å². The maximum Gasteiger partial charge on any atom is 0.125 e. The van der Waals surface area contributed by atoms with Crippen molar-refractivity contribution in [2.45, 2.75) is 25.8 Å². The van der Waals surface area contributed by atoms with Gasteiger partial charge >= 0.3 is 0 Å². The Morgan fingerprint density at radius 3 is 2.80 bits per heavy atom. The van der Waals surface area contributed by atoms with Gasteiger partial charge in [-0.15, -0.1) is 0 Å². The summed E-state index contributed by atoms with van der Waals surface area (Å²) >= 11 is 5.92. The minimum absolute atomic E-state index is 0.497. The molecule has 2 rings (SSSR count). The monoisotopic (exact) mass is 225 g/mol. The van der Waals surface area contributed by atoms with Crippen molar-refractivity contribution in [1.29, 1.82) is 0 Å². The minimum atomic E-state index is 0.497. The summed E-state index contributed by atoms with van der Waals surface area (Å²) in [5, 5.41) is 0.704. The zero-order valence-electron chi connectivity index (χ0n) is 8.71. The van der Waals surface area contributed by atoms with Crippen LogP contribution in [0.1, 0.15) is 24.8 Å². The average molecular weight is 226 g/mol. The lowest BCUT2D eigenvalue weighted by Crippen LogP contribution is -2.19. The van der Waals surface area contributed by atoms with Gasteiger partial charge in [-0.1, -0.05) is 24.1 Å². The van der Waals surface area contributed by atoms with Crippen LogP contribution in [0, 0.1) is 5.92 Å². The summed E-state index contributed by atoms with van der Waals surface area (Å²) in [6.07, 6.45) is 3.92. The minimum Gasteiger partial charge on any atom is -0.493 e. The fourth-order valence-electron chi connectivity index (χ4n) is 1.70. The second kappa shape index (κ2) is 4.86. The Kier molecular flexibility index (Phi) is 3.49. The van der Waals surface area contributed by atoms with Crippen molar-refractivity contribution in [2.24, 2.45) is 11.7 Å². The van der Waals surface area contributed by atoms with Gasteiger partial charge in [-0.25, -0.2) is 0 Å². The van der Waals surface area contributed by atoms with Crippen LogP contribution in [0.5, 0.6) is 5.75 Å². The molecule has 1 aliphatic rings. The molecule has 0 radical (unpaired) electrons. The fourth-order valence-corrected chi connectivity index (χ4v) is 1.86. The maximum atomic E-state index is 5.92. The molecule has 1 fully saturated rings. The summed E-state index contributed by atoms with van der Waals surface area (Å²) < 4.78 is 5.75. The van der Waals surface area contributed by atoms with Crippen molar-refractivity contribution in [1.82, 2.24) is 0 Å². The highest BCUT2D eigenvalue weighted by Crippen LogP contribution is 2.29. The zero-order valence-corrected chi connectivity index (χ0v) is 9.46. The van der Waals surface area contributed by atoms with Crippen LogP contribution in [0.3, 0.4) is 0 Å². The van der Waals surface area contributed by atoms with Gasteiger partial charge in [0.1, 0.15) is 5.75 Å². The summed E-state index contributed by atoms with van der Waals surface area (Å²) in [6.45, 7) is 1.30. The van der Waals surface area contributed by atoms with Crippen molar-refractivity contribution < 1.29 is 4.74 Å². The second-order valence-corrected chi connectivity index (χ2v) is 4.50. The molecule has 0 atom stereocenters. The lowest BCUT2D eigenvalue weighted by molar-refractivity contribution is 0.179. The van der Waals surface area contributed by atoms with Gasteiger partial charge in [0.25, 0.3) is 0 Å². The van der Waals surface area contributed by atoms with Gasteiger partial charge < -0.3 is 10.5 Å². The van der Waals surface area contributed by atoms with Crippen LogP contribution in [0.25, 0.3) is 0 Å². The SMILES string of the molecule is NCc1ccc(Cl)cc1OCC1CCC1. The zero-order chi connectivity index (χ0) is 10.7. The number of ether oxygens (including phenoxy) is 1. The lowest BCUT2D eigenvalue weighted by atomic mass is 9.86. The van der Waals surface area contributed by atoms with Gasteiger partial charge in [-0.3, -0.25) is 0 Å². The van der Waals surface area contributed by atoms with Crippen LogP contribution in [0.4, 0.5) is 0 Å². The molecule has 1 saturated carbocycles. The van der Waals surface area contributed by atoms with E-state index in [2.05, 4.69) is 0 Å². The van der Waals surface area contributed by atoms with Crippen LogP contribution in [0.15, 0.2) is 18.2 Å². The molecule has 0 aliphatic heterocycles. The molecular weight excluding hydrogens is 210 g/mol. The van der Waals surface area contributed by atoms with E-state index in [1.807, 2.05) is 18.2 Å². The van der Waals surface area contributed by atoms with Gasteiger partial charge in [0.2, 0.25) is 0 Å². The molecule has 0 unspecified atom stereocenters. The third-order valence-corrected chi connectivity index (χ3v) is 3.18. The highest BCUT2D eigenvalue weighted by molar-refractivity contribution is 6.30. The number of benzene rings is 1. The number of hydrogen-bond acceptors (Lipinski definition) is 2. The van der Waals surface area contributed by atoms with Gasteiger partial charge in [0.05, 0.1) is 6.61 Å². The third kappa shape index (κ3) is 2.64. The summed E-state index contributed by atoms with van der Waals surface area (Å²) in [7, 11) is 0. The quantitative estimate of drug-likeness (QED) is 0.855. The topological polar surface area (TPSA) is 35.2 Å². The lowest BCUT2D eigenvalue weighted by Gasteiger charge is -2.25. The van der Waals surface area contributed by atoms with Crippen LogP contribution in [-0.2, 0) is 6.54 Å². The van der Waals surface area contributed by atoms with Crippen LogP contribution in [-0.4, -0.2) is 6.61 Å². The molecule has 2 nitrogen and oxygen atoms in total. The van der Waals surface area contributed by atoms with E-state index in [0.717, 1.165) is 23.8 Å². The van der Waals surface area contributed by atoms with E-state index >= 15 is 0 Å². The number of nitrogens with two attached hydrogens (primary N) is 1. The van der Waals surface area contributed by atoms with Crippen LogP contribution >= 0.6 is 11.6 Å². The predicted molar refractivity (Wildman–Crippen MR) is 62.2 cm³/mol. The molecule has 1 aromatic rings. The molecule has 0 bridgehead atoms. The van der Waals surface area contributed by atoms with Gasteiger partial charge in [0, 0.05) is 17.1 Å². The van der Waals surface area contributed by atoms with E-state index in [9.17, 15) is 0 Å². The van der Waals surface area contributed by atoms with E-state index < -0.39 is 0 Å². The molecule has 82 valence electrons. The average Bonchev–Trinajstić information content (AvgIpc) is 2.16. The Balaban J connectivity index is 2.00. The Bertz CT molecular complexity index is 336. The Morgan fingerprint density at radius 1 is 1.40 bits per heavy atom.